The first kappa shape index (κ1) is 16.9. The molecule has 0 aliphatic carbocycles. The number of nitrogens with zero attached hydrogens (tertiary/aromatic N) is 2. The van der Waals surface area contributed by atoms with Crippen LogP contribution in [0.2, 0.25) is 0 Å². The van der Waals surface area contributed by atoms with Crippen LogP contribution in [0.4, 0.5) is 10.1 Å². The minimum Gasteiger partial charge on any atom is -0.372 e. The molecule has 4 nitrogen and oxygen atoms in total. The highest BCUT2D eigenvalue weighted by Gasteiger charge is 2.10. The maximum absolute atomic E-state index is 13.5. The number of hydrogen-bond acceptors (Lipinski definition) is 3. The largest absolute Gasteiger partial charge is 0.372 e. The van der Waals surface area contributed by atoms with Crippen molar-refractivity contribution in [2.75, 3.05) is 24.5 Å². The van der Waals surface area contributed by atoms with Gasteiger partial charge in [0.15, 0.2) is 0 Å². The van der Waals surface area contributed by atoms with E-state index in [-0.39, 0.29) is 11.7 Å². The summed E-state index contributed by atoms with van der Waals surface area (Å²) in [5, 5.41) is 2.79. The van der Waals surface area contributed by atoms with Crippen LogP contribution in [0.15, 0.2) is 42.6 Å². The molecule has 122 valence electrons. The average Bonchev–Trinajstić information content (AvgIpc) is 2.58. The smallest absolute Gasteiger partial charge is 0.269 e. The Balaban J connectivity index is 1.96. The highest BCUT2D eigenvalue weighted by Crippen LogP contribution is 2.14. The summed E-state index contributed by atoms with van der Waals surface area (Å²) in [5.41, 5.74) is 1.95. The van der Waals surface area contributed by atoms with Gasteiger partial charge in [0.1, 0.15) is 11.5 Å². The molecule has 1 heterocycles. The molecule has 1 N–H and O–H groups in total. The van der Waals surface area contributed by atoms with Crippen LogP contribution in [0.1, 0.15) is 29.9 Å². The van der Waals surface area contributed by atoms with Crippen molar-refractivity contribution in [1.29, 1.82) is 0 Å². The number of aromatic nitrogens is 1. The van der Waals surface area contributed by atoms with E-state index in [4.69, 9.17) is 0 Å². The molecule has 0 aliphatic rings. The van der Waals surface area contributed by atoms with E-state index in [1.807, 2.05) is 6.07 Å². The monoisotopic (exact) mass is 315 g/mol. The van der Waals surface area contributed by atoms with Crippen molar-refractivity contribution < 1.29 is 9.18 Å². The van der Waals surface area contributed by atoms with Crippen molar-refractivity contribution >= 4 is 11.6 Å². The van der Waals surface area contributed by atoms with E-state index >= 15 is 0 Å². The minimum atomic E-state index is -0.247. The van der Waals surface area contributed by atoms with Crippen LogP contribution in [0.5, 0.6) is 0 Å². The zero-order chi connectivity index (χ0) is 16.7. The molecule has 0 saturated heterocycles. The molecule has 5 heteroatoms. The highest BCUT2D eigenvalue weighted by atomic mass is 19.1. The Kier molecular flexibility index (Phi) is 6.09. The van der Waals surface area contributed by atoms with Crippen LogP contribution in [0, 0.1) is 5.82 Å². The van der Waals surface area contributed by atoms with Crippen LogP contribution in [0.3, 0.4) is 0 Å². The Morgan fingerprint density at radius 2 is 1.96 bits per heavy atom. The van der Waals surface area contributed by atoms with Gasteiger partial charge in [0.25, 0.3) is 5.91 Å². The Morgan fingerprint density at radius 1 is 1.22 bits per heavy atom. The Hall–Kier alpha value is -2.43. The molecule has 2 rings (SSSR count). The number of hydrogen-bond donors (Lipinski definition) is 1. The lowest BCUT2D eigenvalue weighted by atomic mass is 10.1. The molecule has 0 atom stereocenters. The molecule has 23 heavy (non-hydrogen) atoms. The molecular weight excluding hydrogens is 293 g/mol. The summed E-state index contributed by atoms with van der Waals surface area (Å²) >= 11 is 0. The van der Waals surface area contributed by atoms with Gasteiger partial charge in [-0.05, 0) is 44.0 Å². The maximum atomic E-state index is 13.5. The van der Waals surface area contributed by atoms with Crippen LogP contribution in [0.25, 0.3) is 0 Å². The molecule has 0 radical (unpaired) electrons. The number of anilines is 1. The quantitative estimate of drug-likeness (QED) is 0.854. The Bertz CT molecular complexity index is 656. The first-order valence-corrected chi connectivity index (χ1v) is 7.88. The second kappa shape index (κ2) is 8.27. The summed E-state index contributed by atoms with van der Waals surface area (Å²) in [4.78, 5) is 18.5. The van der Waals surface area contributed by atoms with Crippen LogP contribution >= 0.6 is 0 Å². The lowest BCUT2D eigenvalue weighted by molar-refractivity contribution is 0.0949. The van der Waals surface area contributed by atoms with Crippen molar-refractivity contribution in [3.05, 3.63) is 59.7 Å². The minimum absolute atomic E-state index is 0.240. The zero-order valence-electron chi connectivity index (χ0n) is 13.6. The zero-order valence-corrected chi connectivity index (χ0v) is 13.6. The van der Waals surface area contributed by atoms with Crippen LogP contribution in [-0.2, 0) is 6.42 Å². The number of benzene rings is 1. The van der Waals surface area contributed by atoms with E-state index in [1.165, 1.54) is 6.07 Å². The fraction of sp³-hybridized carbons (Fsp3) is 0.333. The van der Waals surface area contributed by atoms with Gasteiger partial charge in [0.05, 0.1) is 0 Å². The Morgan fingerprint density at radius 3 is 2.65 bits per heavy atom. The van der Waals surface area contributed by atoms with E-state index in [1.54, 1.807) is 30.5 Å². The molecule has 0 saturated carbocycles. The predicted octanol–water partition coefficient (Wildman–Crippen LogP) is 3.04. The number of rotatable bonds is 7. The summed E-state index contributed by atoms with van der Waals surface area (Å²) in [7, 11) is 0. The number of halogens is 1. The number of nitrogens with one attached hydrogen (secondary N) is 1. The molecule has 1 aromatic heterocycles. The summed E-state index contributed by atoms with van der Waals surface area (Å²) in [5.74, 6) is -0.487. The molecule has 1 amide bonds. The van der Waals surface area contributed by atoms with Gasteiger partial charge in [-0.2, -0.15) is 0 Å². The predicted molar refractivity (Wildman–Crippen MR) is 90.2 cm³/mol. The summed E-state index contributed by atoms with van der Waals surface area (Å²) in [6.45, 7) is 6.25. The van der Waals surface area contributed by atoms with Crippen molar-refractivity contribution in [2.24, 2.45) is 0 Å². The number of carbonyl (C=O) groups is 1. The van der Waals surface area contributed by atoms with Gasteiger partial charge < -0.3 is 10.2 Å². The summed E-state index contributed by atoms with van der Waals surface area (Å²) < 4.78 is 13.5. The van der Waals surface area contributed by atoms with Gasteiger partial charge in [0.2, 0.25) is 0 Å². The van der Waals surface area contributed by atoms with Gasteiger partial charge in [-0.1, -0.05) is 18.2 Å². The molecule has 0 aliphatic heterocycles. The molecule has 2 aromatic rings. The van der Waals surface area contributed by atoms with Crippen molar-refractivity contribution in [2.45, 2.75) is 20.3 Å². The third-order valence-electron chi connectivity index (χ3n) is 3.74. The third kappa shape index (κ3) is 4.52. The second-order valence-electron chi connectivity index (χ2n) is 5.17. The van der Waals surface area contributed by atoms with E-state index in [0.29, 0.717) is 24.2 Å². The van der Waals surface area contributed by atoms with Gasteiger partial charge in [0, 0.05) is 31.5 Å². The van der Waals surface area contributed by atoms with Gasteiger partial charge in [-0.15, -0.1) is 0 Å². The van der Waals surface area contributed by atoms with Crippen LogP contribution in [-0.4, -0.2) is 30.5 Å². The first-order valence-electron chi connectivity index (χ1n) is 7.88. The third-order valence-corrected chi connectivity index (χ3v) is 3.74. The van der Waals surface area contributed by atoms with Gasteiger partial charge in [-0.3, -0.25) is 9.78 Å². The Labute approximate surface area is 136 Å². The van der Waals surface area contributed by atoms with E-state index in [0.717, 1.165) is 18.8 Å². The highest BCUT2D eigenvalue weighted by molar-refractivity contribution is 5.93. The lowest BCUT2D eigenvalue weighted by Crippen LogP contribution is -2.27. The van der Waals surface area contributed by atoms with Crippen LogP contribution < -0.4 is 10.2 Å². The lowest BCUT2D eigenvalue weighted by Gasteiger charge is -2.21. The molecule has 0 spiro atoms. The average molecular weight is 315 g/mol. The fourth-order valence-corrected chi connectivity index (χ4v) is 2.43. The number of pyridine rings is 1. The van der Waals surface area contributed by atoms with Crippen molar-refractivity contribution in [3.63, 3.8) is 0 Å². The van der Waals surface area contributed by atoms with E-state index in [9.17, 15) is 9.18 Å². The van der Waals surface area contributed by atoms with E-state index in [2.05, 4.69) is 29.0 Å². The summed E-state index contributed by atoms with van der Waals surface area (Å²) in [6, 6.07) is 10.3. The van der Waals surface area contributed by atoms with Gasteiger partial charge in [-0.25, -0.2) is 4.39 Å². The standard InChI is InChI=1S/C18H22FN3O/c1-3-22(4-2)15-10-12-20-17(13-15)18(23)21-11-9-14-7-5-6-8-16(14)19/h5-8,10,12-13H,3-4,9,11H2,1-2H3,(H,21,23). The first-order chi connectivity index (χ1) is 11.2. The fourth-order valence-electron chi connectivity index (χ4n) is 2.43. The normalized spacial score (nSPS) is 10.4. The molecule has 1 aromatic carbocycles. The van der Waals surface area contributed by atoms with Crippen molar-refractivity contribution in [1.82, 2.24) is 10.3 Å². The maximum Gasteiger partial charge on any atom is 0.269 e. The molecular formula is C18H22FN3O. The summed E-state index contributed by atoms with van der Waals surface area (Å²) in [6.07, 6.45) is 2.09. The second-order valence-corrected chi connectivity index (χ2v) is 5.17. The molecule has 0 unspecified atom stereocenters. The van der Waals surface area contributed by atoms with Gasteiger partial charge >= 0.3 is 0 Å². The number of amides is 1. The SMILES string of the molecule is CCN(CC)c1ccnc(C(=O)NCCc2ccccc2F)c1. The van der Waals surface area contributed by atoms with E-state index < -0.39 is 0 Å². The number of carbonyl (C=O) groups excluding carboxylic acids is 1. The molecule has 0 bridgehead atoms. The molecule has 0 fully saturated rings. The van der Waals surface area contributed by atoms with Crippen molar-refractivity contribution in [3.8, 4) is 0 Å². The topological polar surface area (TPSA) is 45.2 Å².